The number of carbonyl (C=O) groups excluding carboxylic acids is 1. The number of aromatic nitrogens is 2. The highest BCUT2D eigenvalue weighted by atomic mass is 16.5. The highest BCUT2D eigenvalue weighted by Crippen LogP contribution is 2.30. The number of ketones is 1. The summed E-state index contributed by atoms with van der Waals surface area (Å²) in [5.41, 5.74) is 0.906. The molecule has 0 amide bonds. The van der Waals surface area contributed by atoms with Gasteiger partial charge in [0.15, 0.2) is 17.3 Å². The molecule has 2 aromatic carbocycles. The van der Waals surface area contributed by atoms with Gasteiger partial charge in [-0.1, -0.05) is 29.8 Å². The zero-order chi connectivity index (χ0) is 20.4. The van der Waals surface area contributed by atoms with Crippen molar-refractivity contribution in [1.29, 1.82) is 0 Å². The van der Waals surface area contributed by atoms with E-state index >= 15 is 0 Å². The lowest BCUT2D eigenvalue weighted by atomic mass is 10.1. The molecule has 0 atom stereocenters. The first kappa shape index (κ1) is 19.4. The molecule has 146 valence electrons. The molecule has 7 nitrogen and oxygen atoms in total. The third kappa shape index (κ3) is 3.31. The number of nitrogens with zero attached hydrogens (tertiary/aromatic N) is 2. The summed E-state index contributed by atoms with van der Waals surface area (Å²) >= 11 is 0. The maximum Gasteiger partial charge on any atom is 0.331 e. The van der Waals surface area contributed by atoms with Crippen molar-refractivity contribution in [1.82, 2.24) is 9.13 Å². The van der Waals surface area contributed by atoms with Gasteiger partial charge < -0.3 is 9.47 Å². The Labute approximate surface area is 161 Å². The minimum Gasteiger partial charge on any atom is -0.493 e. The SMILES string of the molecule is CCn1c(=O)c2cc(OC)c(OC)cc2n(CC(=O)c2ccc(C)cc2)c1=O. The number of aryl methyl sites for hydroxylation is 1. The van der Waals surface area contributed by atoms with Gasteiger partial charge >= 0.3 is 5.69 Å². The Morgan fingerprint density at radius 1 is 0.964 bits per heavy atom. The monoisotopic (exact) mass is 382 g/mol. The van der Waals surface area contributed by atoms with Crippen LogP contribution in [0.3, 0.4) is 0 Å². The number of fused-ring (bicyclic) bond motifs is 1. The summed E-state index contributed by atoms with van der Waals surface area (Å²) in [5, 5.41) is 0.288. The Morgan fingerprint density at radius 3 is 2.14 bits per heavy atom. The molecule has 0 bridgehead atoms. The summed E-state index contributed by atoms with van der Waals surface area (Å²) in [4.78, 5) is 38.5. The predicted molar refractivity (Wildman–Crippen MR) is 107 cm³/mol. The van der Waals surface area contributed by atoms with Gasteiger partial charge in [-0.05, 0) is 19.9 Å². The Kier molecular flexibility index (Phi) is 5.35. The number of ether oxygens (including phenoxy) is 2. The van der Waals surface area contributed by atoms with Crippen LogP contribution in [0, 0.1) is 6.92 Å². The Bertz CT molecular complexity index is 1160. The van der Waals surface area contributed by atoms with E-state index in [0.29, 0.717) is 22.6 Å². The molecule has 1 aromatic heterocycles. The van der Waals surface area contributed by atoms with Gasteiger partial charge in [0, 0.05) is 18.2 Å². The molecule has 0 aliphatic rings. The molecular weight excluding hydrogens is 360 g/mol. The van der Waals surface area contributed by atoms with E-state index in [9.17, 15) is 14.4 Å². The largest absolute Gasteiger partial charge is 0.493 e. The Hall–Kier alpha value is -3.35. The van der Waals surface area contributed by atoms with Gasteiger partial charge in [-0.2, -0.15) is 0 Å². The first-order valence-corrected chi connectivity index (χ1v) is 8.90. The van der Waals surface area contributed by atoms with Crippen LogP contribution in [-0.2, 0) is 13.1 Å². The van der Waals surface area contributed by atoms with E-state index in [1.54, 1.807) is 25.1 Å². The van der Waals surface area contributed by atoms with Crippen LogP contribution < -0.4 is 20.7 Å². The number of hydrogen-bond donors (Lipinski definition) is 0. The minimum absolute atomic E-state index is 0.186. The molecule has 0 unspecified atom stereocenters. The van der Waals surface area contributed by atoms with Crippen molar-refractivity contribution >= 4 is 16.7 Å². The van der Waals surface area contributed by atoms with Crippen molar-refractivity contribution in [2.75, 3.05) is 14.2 Å². The number of carbonyl (C=O) groups is 1. The molecule has 3 rings (SSSR count). The van der Waals surface area contributed by atoms with E-state index in [0.717, 1.165) is 10.1 Å². The molecule has 0 fully saturated rings. The zero-order valence-corrected chi connectivity index (χ0v) is 16.3. The smallest absolute Gasteiger partial charge is 0.331 e. The number of Topliss-reactive ketones (excluding diaryl/α,β-unsaturated/α-hetero) is 1. The van der Waals surface area contributed by atoms with Crippen molar-refractivity contribution in [3.8, 4) is 11.5 Å². The van der Waals surface area contributed by atoms with Crippen LogP contribution in [-0.4, -0.2) is 29.1 Å². The molecule has 7 heteroatoms. The molecule has 0 radical (unpaired) electrons. The second kappa shape index (κ2) is 7.72. The van der Waals surface area contributed by atoms with Gasteiger partial charge in [-0.3, -0.25) is 18.7 Å². The highest BCUT2D eigenvalue weighted by molar-refractivity contribution is 5.96. The van der Waals surface area contributed by atoms with Gasteiger partial charge in [-0.25, -0.2) is 4.79 Å². The van der Waals surface area contributed by atoms with Crippen molar-refractivity contribution in [2.45, 2.75) is 26.9 Å². The second-order valence-corrected chi connectivity index (χ2v) is 6.43. The number of methoxy groups -OCH3 is 2. The van der Waals surface area contributed by atoms with E-state index in [2.05, 4.69) is 0 Å². The van der Waals surface area contributed by atoms with E-state index in [-0.39, 0.29) is 24.3 Å². The number of benzene rings is 2. The predicted octanol–water partition coefficient (Wildman–Crippen LogP) is 2.39. The Balaban J connectivity index is 2.25. The van der Waals surface area contributed by atoms with Crippen LogP contribution in [0.5, 0.6) is 11.5 Å². The molecule has 0 aliphatic heterocycles. The van der Waals surface area contributed by atoms with E-state index in [1.807, 2.05) is 19.1 Å². The lowest BCUT2D eigenvalue weighted by Gasteiger charge is -2.15. The molecule has 0 saturated carbocycles. The fourth-order valence-corrected chi connectivity index (χ4v) is 3.15. The maximum absolute atomic E-state index is 12.9. The number of rotatable bonds is 6. The summed E-state index contributed by atoms with van der Waals surface area (Å²) in [5.74, 6) is 0.531. The van der Waals surface area contributed by atoms with Crippen molar-refractivity contribution < 1.29 is 14.3 Å². The second-order valence-electron chi connectivity index (χ2n) is 6.43. The van der Waals surface area contributed by atoms with E-state index < -0.39 is 11.2 Å². The first-order chi connectivity index (χ1) is 13.4. The molecule has 0 spiro atoms. The molecule has 28 heavy (non-hydrogen) atoms. The maximum atomic E-state index is 12.9. The molecule has 0 N–H and O–H groups in total. The summed E-state index contributed by atoms with van der Waals surface area (Å²) in [6, 6.07) is 10.2. The van der Waals surface area contributed by atoms with E-state index in [4.69, 9.17) is 9.47 Å². The summed E-state index contributed by atoms with van der Waals surface area (Å²) in [6.45, 7) is 3.65. The van der Waals surface area contributed by atoms with Gasteiger partial charge in [0.25, 0.3) is 5.56 Å². The van der Waals surface area contributed by atoms with Crippen molar-refractivity contribution in [3.05, 3.63) is 68.4 Å². The lowest BCUT2D eigenvalue weighted by Crippen LogP contribution is -2.40. The van der Waals surface area contributed by atoms with Crippen LogP contribution in [0.15, 0.2) is 46.0 Å². The van der Waals surface area contributed by atoms with Crippen LogP contribution in [0.4, 0.5) is 0 Å². The standard InChI is InChI=1S/C21H22N2O5/c1-5-22-20(25)15-10-18(27-3)19(28-4)11-16(15)23(21(22)26)12-17(24)14-8-6-13(2)7-9-14/h6-11H,5,12H2,1-4H3. The van der Waals surface area contributed by atoms with Gasteiger partial charge in [-0.15, -0.1) is 0 Å². The van der Waals surface area contributed by atoms with Crippen molar-refractivity contribution in [3.63, 3.8) is 0 Å². The molecule has 0 aliphatic carbocycles. The fourth-order valence-electron chi connectivity index (χ4n) is 3.15. The fraction of sp³-hybridized carbons (Fsp3) is 0.286. The quantitative estimate of drug-likeness (QED) is 0.612. The van der Waals surface area contributed by atoms with E-state index in [1.165, 1.54) is 24.9 Å². The topological polar surface area (TPSA) is 79.5 Å². The lowest BCUT2D eigenvalue weighted by molar-refractivity contribution is 0.0971. The zero-order valence-electron chi connectivity index (χ0n) is 16.3. The molecular formula is C21H22N2O5. The molecule has 0 saturated heterocycles. The van der Waals surface area contributed by atoms with Crippen LogP contribution in [0.25, 0.3) is 10.9 Å². The molecule has 3 aromatic rings. The number of hydrogen-bond acceptors (Lipinski definition) is 5. The Morgan fingerprint density at radius 2 is 1.57 bits per heavy atom. The highest BCUT2D eigenvalue weighted by Gasteiger charge is 2.18. The van der Waals surface area contributed by atoms with Crippen molar-refractivity contribution in [2.24, 2.45) is 0 Å². The normalized spacial score (nSPS) is 10.9. The third-order valence-corrected chi connectivity index (χ3v) is 4.72. The first-order valence-electron chi connectivity index (χ1n) is 8.90. The average molecular weight is 382 g/mol. The van der Waals surface area contributed by atoms with Crippen LogP contribution >= 0.6 is 0 Å². The molecule has 1 heterocycles. The van der Waals surface area contributed by atoms with Crippen LogP contribution in [0.2, 0.25) is 0 Å². The summed E-state index contributed by atoms with van der Waals surface area (Å²) in [7, 11) is 2.94. The minimum atomic E-state index is -0.535. The van der Waals surface area contributed by atoms with Gasteiger partial charge in [0.1, 0.15) is 0 Å². The summed E-state index contributed by atoms with van der Waals surface area (Å²) in [6.07, 6.45) is 0. The van der Waals surface area contributed by atoms with Gasteiger partial charge in [0.2, 0.25) is 0 Å². The summed E-state index contributed by atoms with van der Waals surface area (Å²) < 4.78 is 13.0. The third-order valence-electron chi connectivity index (χ3n) is 4.72. The van der Waals surface area contributed by atoms with Crippen LogP contribution in [0.1, 0.15) is 22.8 Å². The average Bonchev–Trinajstić information content (AvgIpc) is 2.70. The van der Waals surface area contributed by atoms with Gasteiger partial charge in [0.05, 0.1) is 31.7 Å².